The van der Waals surface area contributed by atoms with Gasteiger partial charge in [-0.15, -0.1) is 0 Å². The van der Waals surface area contributed by atoms with Gasteiger partial charge in [-0.2, -0.15) is 0 Å². The Labute approximate surface area is 192 Å². The van der Waals surface area contributed by atoms with Gasteiger partial charge in [-0.1, -0.05) is 29.8 Å². The Hall–Kier alpha value is -2.96. The Balaban J connectivity index is 1.32. The lowest BCUT2D eigenvalue weighted by Crippen LogP contribution is -2.46. The highest BCUT2D eigenvalue weighted by Gasteiger charge is 2.18. The molecule has 0 aliphatic carbocycles. The van der Waals surface area contributed by atoms with E-state index in [1.54, 1.807) is 24.4 Å². The van der Waals surface area contributed by atoms with Gasteiger partial charge >= 0.3 is 0 Å². The van der Waals surface area contributed by atoms with Crippen molar-refractivity contribution in [1.82, 2.24) is 15.2 Å². The molecule has 2 aromatic carbocycles. The van der Waals surface area contributed by atoms with Crippen molar-refractivity contribution in [2.75, 3.05) is 31.1 Å². The SMILES string of the molecule is Cc1c(Cl)cccc1C(=O)NCc1ccnc(N2CCN(Cc3ccc(F)cc3)CC2)c1. The average Bonchev–Trinajstić information content (AvgIpc) is 2.81. The summed E-state index contributed by atoms with van der Waals surface area (Å²) < 4.78 is 13.1. The van der Waals surface area contributed by atoms with E-state index in [0.29, 0.717) is 17.1 Å². The van der Waals surface area contributed by atoms with Gasteiger partial charge in [0.2, 0.25) is 0 Å². The van der Waals surface area contributed by atoms with Gasteiger partial charge in [-0.05, 0) is 60.0 Å². The molecule has 0 unspecified atom stereocenters. The number of nitrogens with zero attached hydrogens (tertiary/aromatic N) is 3. The molecule has 1 aliphatic rings. The van der Waals surface area contributed by atoms with Crippen LogP contribution in [-0.2, 0) is 13.1 Å². The molecule has 1 amide bonds. The number of aromatic nitrogens is 1. The Morgan fingerprint density at radius 2 is 1.81 bits per heavy atom. The molecule has 1 aromatic heterocycles. The average molecular weight is 453 g/mol. The second kappa shape index (κ2) is 10.1. The number of carbonyl (C=O) groups excluding carboxylic acids is 1. The number of amides is 1. The van der Waals surface area contributed by atoms with Gasteiger partial charge in [0.1, 0.15) is 11.6 Å². The first-order chi connectivity index (χ1) is 15.5. The van der Waals surface area contributed by atoms with E-state index >= 15 is 0 Å². The lowest BCUT2D eigenvalue weighted by molar-refractivity contribution is 0.0950. The first-order valence-electron chi connectivity index (χ1n) is 10.7. The molecule has 1 N–H and O–H groups in total. The molecule has 32 heavy (non-hydrogen) atoms. The number of rotatable bonds is 6. The summed E-state index contributed by atoms with van der Waals surface area (Å²) in [5, 5.41) is 3.56. The van der Waals surface area contributed by atoms with Gasteiger partial charge in [0, 0.05) is 56.1 Å². The van der Waals surface area contributed by atoms with Gasteiger partial charge in [-0.25, -0.2) is 9.37 Å². The number of pyridine rings is 1. The third kappa shape index (κ3) is 5.44. The molecular formula is C25H26ClFN4O. The zero-order chi connectivity index (χ0) is 22.5. The van der Waals surface area contributed by atoms with Gasteiger partial charge in [0.25, 0.3) is 5.91 Å². The monoisotopic (exact) mass is 452 g/mol. The standard InChI is InChI=1S/C25H26ClFN4O/c1-18-22(3-2-4-23(18)26)25(32)29-16-20-9-10-28-24(15-20)31-13-11-30(12-14-31)17-19-5-7-21(27)8-6-19/h2-10,15H,11-14,16-17H2,1H3,(H,29,32). The van der Waals surface area contributed by atoms with Crippen LogP contribution in [0.3, 0.4) is 0 Å². The summed E-state index contributed by atoms with van der Waals surface area (Å²) in [5.74, 6) is 0.568. The third-order valence-electron chi connectivity index (χ3n) is 5.79. The van der Waals surface area contributed by atoms with Gasteiger partial charge in [0.05, 0.1) is 0 Å². The highest BCUT2D eigenvalue weighted by Crippen LogP contribution is 2.19. The summed E-state index contributed by atoms with van der Waals surface area (Å²) in [6.45, 7) is 6.64. The molecule has 3 aromatic rings. The second-order valence-electron chi connectivity index (χ2n) is 8.01. The molecule has 4 rings (SSSR count). The fourth-order valence-corrected chi connectivity index (χ4v) is 4.03. The van der Waals surface area contributed by atoms with Crippen LogP contribution >= 0.6 is 11.6 Å². The van der Waals surface area contributed by atoms with E-state index in [2.05, 4.69) is 20.1 Å². The third-order valence-corrected chi connectivity index (χ3v) is 6.20. The molecule has 0 spiro atoms. The number of hydrogen-bond acceptors (Lipinski definition) is 4. The summed E-state index contributed by atoms with van der Waals surface area (Å²) >= 11 is 6.13. The molecule has 7 heteroatoms. The van der Waals surface area contributed by atoms with Crippen LogP contribution in [0.5, 0.6) is 0 Å². The number of anilines is 1. The van der Waals surface area contributed by atoms with Crippen molar-refractivity contribution in [2.24, 2.45) is 0 Å². The van der Waals surface area contributed by atoms with Crippen LogP contribution in [0, 0.1) is 12.7 Å². The van der Waals surface area contributed by atoms with Gasteiger partial charge < -0.3 is 10.2 Å². The van der Waals surface area contributed by atoms with E-state index in [1.807, 2.05) is 31.2 Å². The molecule has 1 aliphatic heterocycles. The predicted octanol–water partition coefficient (Wildman–Crippen LogP) is 4.43. The van der Waals surface area contributed by atoms with E-state index in [-0.39, 0.29) is 11.7 Å². The minimum absolute atomic E-state index is 0.141. The van der Waals surface area contributed by atoms with Crippen LogP contribution in [0.4, 0.5) is 10.2 Å². The zero-order valence-electron chi connectivity index (χ0n) is 18.0. The summed E-state index contributed by atoms with van der Waals surface area (Å²) in [7, 11) is 0. The smallest absolute Gasteiger partial charge is 0.251 e. The minimum atomic E-state index is -0.205. The predicted molar refractivity (Wildman–Crippen MR) is 125 cm³/mol. The van der Waals surface area contributed by atoms with Crippen LogP contribution in [0.25, 0.3) is 0 Å². The van der Waals surface area contributed by atoms with E-state index in [9.17, 15) is 9.18 Å². The highest BCUT2D eigenvalue weighted by molar-refractivity contribution is 6.31. The Morgan fingerprint density at radius 1 is 1.06 bits per heavy atom. The molecule has 0 atom stereocenters. The van der Waals surface area contributed by atoms with Crippen LogP contribution in [0.2, 0.25) is 5.02 Å². The number of nitrogens with one attached hydrogen (secondary N) is 1. The molecule has 1 saturated heterocycles. The maximum absolute atomic E-state index is 13.1. The number of benzene rings is 2. The minimum Gasteiger partial charge on any atom is -0.354 e. The molecule has 2 heterocycles. The zero-order valence-corrected chi connectivity index (χ0v) is 18.8. The molecule has 0 bridgehead atoms. The number of halogens is 2. The van der Waals surface area contributed by atoms with Gasteiger partial charge in [-0.3, -0.25) is 9.69 Å². The van der Waals surface area contributed by atoms with Crippen molar-refractivity contribution in [3.05, 3.63) is 93.9 Å². The molecule has 0 saturated carbocycles. The van der Waals surface area contributed by atoms with Crippen LogP contribution < -0.4 is 10.2 Å². The van der Waals surface area contributed by atoms with Crippen molar-refractivity contribution >= 4 is 23.3 Å². The van der Waals surface area contributed by atoms with Crippen molar-refractivity contribution in [1.29, 1.82) is 0 Å². The lowest BCUT2D eigenvalue weighted by Gasteiger charge is -2.35. The van der Waals surface area contributed by atoms with Crippen molar-refractivity contribution < 1.29 is 9.18 Å². The summed E-state index contributed by atoms with van der Waals surface area (Å²) in [6.07, 6.45) is 1.78. The molecule has 166 valence electrons. The van der Waals surface area contributed by atoms with Crippen molar-refractivity contribution in [3.8, 4) is 0 Å². The van der Waals surface area contributed by atoms with E-state index in [0.717, 1.165) is 55.2 Å². The maximum atomic E-state index is 13.1. The normalized spacial score (nSPS) is 14.4. The second-order valence-corrected chi connectivity index (χ2v) is 8.41. The Kier molecular flexibility index (Phi) is 7.02. The van der Waals surface area contributed by atoms with Crippen molar-refractivity contribution in [3.63, 3.8) is 0 Å². The first-order valence-corrected chi connectivity index (χ1v) is 11.1. The molecular weight excluding hydrogens is 427 g/mol. The van der Waals surface area contributed by atoms with E-state index in [1.165, 1.54) is 12.1 Å². The number of carbonyl (C=O) groups is 1. The number of hydrogen-bond donors (Lipinski definition) is 1. The Bertz CT molecular complexity index is 1080. The summed E-state index contributed by atoms with van der Waals surface area (Å²) in [4.78, 5) is 21.7. The quantitative estimate of drug-likeness (QED) is 0.601. The molecule has 1 fully saturated rings. The Morgan fingerprint density at radius 3 is 2.56 bits per heavy atom. The van der Waals surface area contributed by atoms with Crippen LogP contribution in [-0.4, -0.2) is 42.0 Å². The first kappa shape index (κ1) is 22.2. The lowest BCUT2D eigenvalue weighted by atomic mass is 10.1. The highest BCUT2D eigenvalue weighted by atomic mass is 35.5. The molecule has 0 radical (unpaired) electrons. The summed E-state index contributed by atoms with van der Waals surface area (Å²) in [5.41, 5.74) is 3.48. The van der Waals surface area contributed by atoms with Gasteiger partial charge in [0.15, 0.2) is 0 Å². The fourth-order valence-electron chi connectivity index (χ4n) is 3.86. The van der Waals surface area contributed by atoms with Crippen molar-refractivity contribution in [2.45, 2.75) is 20.0 Å². The fraction of sp³-hybridized carbons (Fsp3) is 0.280. The van der Waals surface area contributed by atoms with E-state index in [4.69, 9.17) is 11.6 Å². The molecule has 5 nitrogen and oxygen atoms in total. The maximum Gasteiger partial charge on any atom is 0.251 e. The van der Waals surface area contributed by atoms with E-state index < -0.39 is 0 Å². The van der Waals surface area contributed by atoms with Crippen LogP contribution in [0.15, 0.2) is 60.8 Å². The summed E-state index contributed by atoms with van der Waals surface area (Å²) in [6, 6.07) is 16.0. The van der Waals surface area contributed by atoms with Crippen LogP contribution in [0.1, 0.15) is 27.0 Å². The topological polar surface area (TPSA) is 48.5 Å². The largest absolute Gasteiger partial charge is 0.354 e. The number of piperazine rings is 1.